The molecule has 1 aliphatic heterocycles. The second-order valence-electron chi connectivity index (χ2n) is 9.84. The summed E-state index contributed by atoms with van der Waals surface area (Å²) in [4.78, 5) is 59.4. The first-order valence-electron chi connectivity index (χ1n) is 13.6. The van der Waals surface area contributed by atoms with E-state index in [1.165, 1.54) is 0 Å². The fraction of sp³-hybridized carbons (Fsp3) is 0.161. The lowest BCUT2D eigenvalue weighted by atomic mass is 10.1. The van der Waals surface area contributed by atoms with Crippen LogP contribution in [0.5, 0.6) is 0 Å². The van der Waals surface area contributed by atoms with Crippen molar-refractivity contribution in [3.63, 3.8) is 0 Å². The fourth-order valence-corrected chi connectivity index (χ4v) is 6.00. The Kier molecular flexibility index (Phi) is 8.51. The second kappa shape index (κ2) is 12.8. The van der Waals surface area contributed by atoms with Crippen LogP contribution in [0.3, 0.4) is 0 Å². The molecule has 45 heavy (non-hydrogen) atoms. The number of thiazole rings is 1. The highest BCUT2D eigenvalue weighted by atomic mass is 32.1. The number of nitrogens with zero attached hydrogens (tertiary/aromatic N) is 2. The molecule has 3 heterocycles. The number of fused-ring (bicyclic) bond motifs is 1. The van der Waals surface area contributed by atoms with E-state index in [2.05, 4.69) is 9.97 Å². The number of H-pyrrole nitrogens is 1. The highest BCUT2D eigenvalue weighted by Crippen LogP contribution is 2.37. The number of aromatic nitrogens is 3. The molecule has 14 heteroatoms. The number of esters is 3. The van der Waals surface area contributed by atoms with Gasteiger partial charge in [0.2, 0.25) is 5.95 Å². The molecule has 1 saturated heterocycles. The Bertz CT molecular complexity index is 1980. The number of hydrogen-bond donors (Lipinski definition) is 2. The number of ether oxygens (including phenoxy) is 4. The summed E-state index contributed by atoms with van der Waals surface area (Å²) >= 11 is 6.14. The molecule has 0 spiro atoms. The van der Waals surface area contributed by atoms with Gasteiger partial charge in [-0.1, -0.05) is 78.2 Å². The van der Waals surface area contributed by atoms with Crippen LogP contribution in [0.1, 0.15) is 37.3 Å². The molecule has 0 bridgehead atoms. The van der Waals surface area contributed by atoms with E-state index in [9.17, 15) is 19.2 Å². The molecule has 4 atom stereocenters. The Hall–Kier alpha value is -5.18. The van der Waals surface area contributed by atoms with Crippen molar-refractivity contribution in [3.8, 4) is 0 Å². The molecular formula is C31H24N4O8S2. The van der Waals surface area contributed by atoms with Gasteiger partial charge in [0.25, 0.3) is 0 Å². The summed E-state index contributed by atoms with van der Waals surface area (Å²) in [7, 11) is 0. The number of nitrogens with one attached hydrogen (secondary N) is 1. The Morgan fingerprint density at radius 2 is 1.36 bits per heavy atom. The normalized spacial score (nSPS) is 19.2. The smallest absolute Gasteiger partial charge is 0.338 e. The van der Waals surface area contributed by atoms with E-state index in [1.54, 1.807) is 91.0 Å². The quantitative estimate of drug-likeness (QED) is 0.141. The molecule has 2 aromatic heterocycles. The number of anilines is 1. The highest BCUT2D eigenvalue weighted by Gasteiger charge is 2.52. The van der Waals surface area contributed by atoms with E-state index in [-0.39, 0.29) is 32.9 Å². The molecule has 12 nitrogen and oxygen atoms in total. The number of carbonyl (C=O) groups is 3. The number of nitrogen functional groups attached to an aromatic ring is 1. The SMILES string of the molecule is Nc1nc2c(sc(=O)n2[C@@H]2O[C@H](COC(=O)c3ccccc3)[C@@H](OC(=O)c3ccccc3)[C@H]2OC(=O)c2ccccc2)c(=S)[nH]1. The lowest BCUT2D eigenvalue weighted by Gasteiger charge is -2.24. The summed E-state index contributed by atoms with van der Waals surface area (Å²) in [6.45, 7) is -0.414. The van der Waals surface area contributed by atoms with Crippen LogP contribution in [-0.2, 0) is 18.9 Å². The first-order valence-corrected chi connectivity index (χ1v) is 14.8. The van der Waals surface area contributed by atoms with E-state index < -0.39 is 53.9 Å². The summed E-state index contributed by atoms with van der Waals surface area (Å²) in [5.41, 5.74) is 6.70. The highest BCUT2D eigenvalue weighted by molar-refractivity contribution is 7.71. The maximum Gasteiger partial charge on any atom is 0.338 e. The summed E-state index contributed by atoms with van der Waals surface area (Å²) in [6.07, 6.45) is -5.29. The minimum absolute atomic E-state index is 0.0599. The van der Waals surface area contributed by atoms with Crippen LogP contribution in [-0.4, -0.2) is 57.4 Å². The van der Waals surface area contributed by atoms with Crippen molar-refractivity contribution >= 4 is 57.8 Å². The summed E-state index contributed by atoms with van der Waals surface area (Å²) in [6, 6.07) is 24.6. The van der Waals surface area contributed by atoms with Gasteiger partial charge < -0.3 is 29.7 Å². The molecule has 3 aromatic carbocycles. The van der Waals surface area contributed by atoms with Gasteiger partial charge in [-0.05, 0) is 36.4 Å². The molecule has 0 saturated carbocycles. The number of hydrogen-bond acceptors (Lipinski definition) is 12. The third-order valence-corrected chi connectivity index (χ3v) is 8.32. The van der Waals surface area contributed by atoms with E-state index in [1.807, 2.05) is 0 Å². The van der Waals surface area contributed by atoms with Gasteiger partial charge in [-0.25, -0.2) is 14.4 Å². The molecule has 0 radical (unpaired) electrons. The lowest BCUT2D eigenvalue weighted by Crippen LogP contribution is -2.42. The zero-order chi connectivity index (χ0) is 31.5. The van der Waals surface area contributed by atoms with Crippen molar-refractivity contribution in [3.05, 3.63) is 122 Å². The first-order chi connectivity index (χ1) is 21.8. The van der Waals surface area contributed by atoms with Gasteiger partial charge in [0.05, 0.1) is 16.7 Å². The van der Waals surface area contributed by atoms with E-state index >= 15 is 0 Å². The lowest BCUT2D eigenvalue weighted by molar-refractivity contribution is -0.0612. The average Bonchev–Trinajstić information content (AvgIpc) is 3.56. The molecule has 1 fully saturated rings. The van der Waals surface area contributed by atoms with Crippen molar-refractivity contribution in [1.82, 2.24) is 14.5 Å². The van der Waals surface area contributed by atoms with Crippen molar-refractivity contribution < 1.29 is 33.3 Å². The van der Waals surface area contributed by atoms with Crippen LogP contribution in [0.4, 0.5) is 5.95 Å². The minimum atomic E-state index is -1.40. The van der Waals surface area contributed by atoms with Crippen LogP contribution < -0.4 is 10.6 Å². The standard InChI is InChI=1S/C31H24N4O8S2/c32-30-33-24-23(25(44)34-30)45-31(39)35(24)26-22(43-29(38)19-14-8-3-9-15-19)21(42-28(37)18-12-6-2-7-13-18)20(41-26)16-40-27(36)17-10-4-1-5-11-17/h1-15,20-22,26H,16H2,(H3,32,33,34,44)/t20-,21-,22-,26-/m1/s1. The molecule has 0 aliphatic carbocycles. The molecule has 5 aromatic rings. The van der Waals surface area contributed by atoms with Crippen molar-refractivity contribution in [1.29, 1.82) is 0 Å². The predicted octanol–water partition coefficient (Wildman–Crippen LogP) is 4.30. The fourth-order valence-electron chi connectivity index (χ4n) is 4.84. The molecule has 228 valence electrons. The summed E-state index contributed by atoms with van der Waals surface area (Å²) in [5, 5.41) is 0. The topological polar surface area (TPSA) is 165 Å². The number of rotatable bonds is 8. The van der Waals surface area contributed by atoms with Crippen LogP contribution in [0.15, 0.2) is 95.8 Å². The third-order valence-electron chi connectivity index (χ3n) is 6.92. The van der Waals surface area contributed by atoms with Gasteiger partial charge in [-0.15, -0.1) is 0 Å². The number of aromatic amines is 1. The van der Waals surface area contributed by atoms with Crippen LogP contribution >= 0.6 is 23.6 Å². The van der Waals surface area contributed by atoms with Crippen LogP contribution in [0, 0.1) is 4.64 Å². The van der Waals surface area contributed by atoms with E-state index in [0.717, 1.165) is 15.9 Å². The second-order valence-corrected chi connectivity index (χ2v) is 11.2. The summed E-state index contributed by atoms with van der Waals surface area (Å²) < 4.78 is 25.3. The molecule has 0 unspecified atom stereocenters. The molecular weight excluding hydrogens is 620 g/mol. The van der Waals surface area contributed by atoms with E-state index in [4.69, 9.17) is 36.9 Å². The zero-order valence-electron chi connectivity index (χ0n) is 23.2. The zero-order valence-corrected chi connectivity index (χ0v) is 24.9. The van der Waals surface area contributed by atoms with Crippen LogP contribution in [0.2, 0.25) is 0 Å². The van der Waals surface area contributed by atoms with Gasteiger partial charge in [-0.3, -0.25) is 9.36 Å². The Balaban J connectivity index is 1.42. The van der Waals surface area contributed by atoms with Gasteiger partial charge in [-0.2, -0.15) is 4.98 Å². The van der Waals surface area contributed by atoms with Gasteiger partial charge >= 0.3 is 22.8 Å². The Labute approximate surface area is 264 Å². The third kappa shape index (κ3) is 6.24. The van der Waals surface area contributed by atoms with Crippen molar-refractivity contribution in [2.45, 2.75) is 24.5 Å². The molecule has 6 rings (SSSR count). The average molecular weight is 645 g/mol. The first kappa shape index (κ1) is 29.9. The minimum Gasteiger partial charge on any atom is -0.459 e. The van der Waals surface area contributed by atoms with Crippen molar-refractivity contribution in [2.24, 2.45) is 0 Å². The van der Waals surface area contributed by atoms with Crippen LogP contribution in [0.25, 0.3) is 10.3 Å². The van der Waals surface area contributed by atoms with Crippen molar-refractivity contribution in [2.75, 3.05) is 12.3 Å². The Morgan fingerprint density at radius 3 is 1.91 bits per heavy atom. The van der Waals surface area contributed by atoms with E-state index in [0.29, 0.717) is 4.70 Å². The van der Waals surface area contributed by atoms with Gasteiger partial charge in [0, 0.05) is 0 Å². The largest absolute Gasteiger partial charge is 0.459 e. The molecule has 1 aliphatic rings. The predicted molar refractivity (Wildman–Crippen MR) is 165 cm³/mol. The van der Waals surface area contributed by atoms with Gasteiger partial charge in [0.15, 0.2) is 24.1 Å². The summed E-state index contributed by atoms with van der Waals surface area (Å²) in [5.74, 6) is -2.24. The maximum atomic E-state index is 13.4. The van der Waals surface area contributed by atoms with Gasteiger partial charge in [0.1, 0.15) is 22.1 Å². The maximum absolute atomic E-state index is 13.4. The number of nitrogens with two attached hydrogens (primary N) is 1. The molecule has 0 amide bonds. The number of carbonyl (C=O) groups excluding carboxylic acids is 3. The monoisotopic (exact) mass is 644 g/mol. The number of benzene rings is 3. The Morgan fingerprint density at radius 1 is 0.844 bits per heavy atom. The molecule has 3 N–H and O–H groups in total.